The third-order valence-corrected chi connectivity index (χ3v) is 3.73. The van der Waals surface area contributed by atoms with Crippen LogP contribution in [0.3, 0.4) is 0 Å². The maximum Gasteiger partial charge on any atom is 0.255 e. The van der Waals surface area contributed by atoms with Crippen molar-refractivity contribution < 1.29 is 15.0 Å². The van der Waals surface area contributed by atoms with Crippen molar-refractivity contribution in [2.24, 2.45) is 0 Å². The summed E-state index contributed by atoms with van der Waals surface area (Å²) in [6.07, 6.45) is 1.41. The Labute approximate surface area is 112 Å². The van der Waals surface area contributed by atoms with Crippen LogP contribution in [0.4, 0.5) is 0 Å². The summed E-state index contributed by atoms with van der Waals surface area (Å²) in [7, 11) is 0. The van der Waals surface area contributed by atoms with Crippen molar-refractivity contribution in [3.05, 3.63) is 23.8 Å². The Morgan fingerprint density at radius 3 is 2.39 bits per heavy atom. The number of phenols is 2. The predicted molar refractivity (Wildman–Crippen MR) is 71.3 cm³/mol. The van der Waals surface area contributed by atoms with E-state index < -0.39 is 11.4 Å². The van der Waals surface area contributed by atoms with E-state index in [4.69, 9.17) is 11.6 Å². The first kappa shape index (κ1) is 14.6. The molecule has 0 saturated carbocycles. The summed E-state index contributed by atoms with van der Waals surface area (Å²) in [5.74, 6) is -0.413. The standard InChI is InChI=1S/C13H18ClNO3/c1-3-13(4-2,8-14)15-12(18)10-6-5-9(16)7-11(10)17/h5-7,16-17H,3-4,8H2,1-2H3,(H,15,18). The lowest BCUT2D eigenvalue weighted by atomic mass is 9.94. The van der Waals surface area contributed by atoms with Crippen molar-refractivity contribution in [2.75, 3.05) is 5.88 Å². The monoisotopic (exact) mass is 271 g/mol. The lowest BCUT2D eigenvalue weighted by molar-refractivity contribution is 0.0900. The molecule has 0 spiro atoms. The number of hydrogen-bond donors (Lipinski definition) is 3. The predicted octanol–water partition coefficient (Wildman–Crippen LogP) is 2.63. The van der Waals surface area contributed by atoms with Crippen LogP contribution in [0, 0.1) is 0 Å². The molecule has 0 aliphatic heterocycles. The number of benzene rings is 1. The molecule has 100 valence electrons. The van der Waals surface area contributed by atoms with Gasteiger partial charge in [0.1, 0.15) is 11.5 Å². The number of carbonyl (C=O) groups excluding carboxylic acids is 1. The van der Waals surface area contributed by atoms with Crippen molar-refractivity contribution in [1.82, 2.24) is 5.32 Å². The van der Waals surface area contributed by atoms with Crippen LogP contribution in [-0.2, 0) is 0 Å². The van der Waals surface area contributed by atoms with Crippen LogP contribution < -0.4 is 5.32 Å². The number of aromatic hydroxyl groups is 2. The molecule has 0 aromatic heterocycles. The first-order chi connectivity index (χ1) is 8.48. The zero-order valence-corrected chi connectivity index (χ0v) is 11.3. The lowest BCUT2D eigenvalue weighted by Gasteiger charge is -2.30. The van der Waals surface area contributed by atoms with Crippen LogP contribution in [0.2, 0.25) is 0 Å². The Morgan fingerprint density at radius 2 is 1.94 bits per heavy atom. The van der Waals surface area contributed by atoms with E-state index in [0.717, 1.165) is 6.07 Å². The molecule has 1 aromatic carbocycles. The van der Waals surface area contributed by atoms with Gasteiger partial charge in [-0.1, -0.05) is 13.8 Å². The second-order valence-electron chi connectivity index (χ2n) is 4.28. The molecule has 0 unspecified atom stereocenters. The molecule has 0 atom stereocenters. The van der Waals surface area contributed by atoms with Crippen molar-refractivity contribution in [1.29, 1.82) is 0 Å². The Kier molecular flexibility index (Phi) is 4.84. The molecular formula is C13H18ClNO3. The first-order valence-corrected chi connectivity index (χ1v) is 6.42. The van der Waals surface area contributed by atoms with Crippen LogP contribution in [-0.4, -0.2) is 27.5 Å². The van der Waals surface area contributed by atoms with Gasteiger partial charge in [-0.15, -0.1) is 11.6 Å². The second kappa shape index (κ2) is 5.96. The molecule has 0 aliphatic rings. The van der Waals surface area contributed by atoms with Gasteiger partial charge in [0, 0.05) is 11.9 Å². The van der Waals surface area contributed by atoms with Gasteiger partial charge in [-0.2, -0.15) is 0 Å². The van der Waals surface area contributed by atoms with Gasteiger partial charge in [0.2, 0.25) is 0 Å². The topological polar surface area (TPSA) is 69.6 Å². The summed E-state index contributed by atoms with van der Waals surface area (Å²) < 4.78 is 0. The summed E-state index contributed by atoms with van der Waals surface area (Å²) in [6.45, 7) is 3.89. The van der Waals surface area contributed by atoms with Crippen LogP contribution in [0.5, 0.6) is 11.5 Å². The van der Waals surface area contributed by atoms with E-state index in [9.17, 15) is 15.0 Å². The van der Waals surface area contributed by atoms with Crippen LogP contribution in [0.25, 0.3) is 0 Å². The summed E-state index contributed by atoms with van der Waals surface area (Å²) in [4.78, 5) is 12.1. The largest absolute Gasteiger partial charge is 0.508 e. The minimum absolute atomic E-state index is 0.0846. The lowest BCUT2D eigenvalue weighted by Crippen LogP contribution is -2.49. The van der Waals surface area contributed by atoms with Gasteiger partial charge in [0.25, 0.3) is 5.91 Å². The first-order valence-electron chi connectivity index (χ1n) is 5.88. The van der Waals surface area contributed by atoms with E-state index in [1.807, 2.05) is 13.8 Å². The quantitative estimate of drug-likeness (QED) is 0.721. The third-order valence-electron chi connectivity index (χ3n) is 3.21. The van der Waals surface area contributed by atoms with Crippen molar-refractivity contribution in [2.45, 2.75) is 32.2 Å². The molecule has 18 heavy (non-hydrogen) atoms. The van der Waals surface area contributed by atoms with E-state index in [0.29, 0.717) is 18.7 Å². The molecular weight excluding hydrogens is 254 g/mol. The van der Waals surface area contributed by atoms with Crippen LogP contribution in [0.15, 0.2) is 18.2 Å². The number of rotatable bonds is 5. The van der Waals surface area contributed by atoms with E-state index in [-0.39, 0.29) is 17.1 Å². The normalized spacial score (nSPS) is 11.3. The fourth-order valence-electron chi connectivity index (χ4n) is 1.67. The number of amides is 1. The van der Waals surface area contributed by atoms with Gasteiger partial charge in [-0.3, -0.25) is 4.79 Å². The van der Waals surface area contributed by atoms with Gasteiger partial charge >= 0.3 is 0 Å². The zero-order chi connectivity index (χ0) is 13.8. The fraction of sp³-hybridized carbons (Fsp3) is 0.462. The van der Waals surface area contributed by atoms with E-state index in [1.165, 1.54) is 12.1 Å². The van der Waals surface area contributed by atoms with E-state index in [2.05, 4.69) is 5.32 Å². The zero-order valence-electron chi connectivity index (χ0n) is 10.5. The Bertz CT molecular complexity index is 422. The Hall–Kier alpha value is -1.42. The summed E-state index contributed by atoms with van der Waals surface area (Å²) in [5, 5.41) is 21.6. The van der Waals surface area contributed by atoms with Crippen molar-refractivity contribution in [3.63, 3.8) is 0 Å². The van der Waals surface area contributed by atoms with Crippen molar-refractivity contribution in [3.8, 4) is 11.5 Å². The molecule has 1 amide bonds. The summed E-state index contributed by atoms with van der Waals surface area (Å²) >= 11 is 5.90. The highest BCUT2D eigenvalue weighted by atomic mass is 35.5. The molecule has 0 aliphatic carbocycles. The molecule has 0 bridgehead atoms. The Morgan fingerprint density at radius 1 is 1.33 bits per heavy atom. The van der Waals surface area contributed by atoms with Gasteiger partial charge in [-0.05, 0) is 25.0 Å². The van der Waals surface area contributed by atoms with Crippen LogP contribution >= 0.6 is 11.6 Å². The molecule has 3 N–H and O–H groups in total. The summed E-state index contributed by atoms with van der Waals surface area (Å²) in [6, 6.07) is 3.87. The maximum absolute atomic E-state index is 12.1. The molecule has 1 rings (SSSR count). The molecule has 0 radical (unpaired) electrons. The smallest absolute Gasteiger partial charge is 0.255 e. The minimum Gasteiger partial charge on any atom is -0.508 e. The SMILES string of the molecule is CCC(CC)(CCl)NC(=O)c1ccc(O)cc1O. The third kappa shape index (κ3) is 3.07. The molecule has 0 fully saturated rings. The minimum atomic E-state index is -0.469. The number of alkyl halides is 1. The van der Waals surface area contributed by atoms with E-state index in [1.54, 1.807) is 0 Å². The second-order valence-corrected chi connectivity index (χ2v) is 4.54. The number of carbonyl (C=O) groups is 1. The number of hydrogen-bond acceptors (Lipinski definition) is 3. The number of nitrogens with one attached hydrogen (secondary N) is 1. The average Bonchev–Trinajstić information content (AvgIpc) is 2.36. The molecule has 0 heterocycles. The van der Waals surface area contributed by atoms with E-state index >= 15 is 0 Å². The number of phenolic OH excluding ortho intramolecular Hbond substituents is 2. The van der Waals surface area contributed by atoms with Crippen LogP contribution in [0.1, 0.15) is 37.0 Å². The molecule has 4 nitrogen and oxygen atoms in total. The van der Waals surface area contributed by atoms with Gasteiger partial charge in [0.05, 0.1) is 11.1 Å². The Balaban J connectivity index is 2.94. The average molecular weight is 272 g/mol. The fourth-order valence-corrected chi connectivity index (χ4v) is 2.11. The van der Waals surface area contributed by atoms with Gasteiger partial charge in [0.15, 0.2) is 0 Å². The van der Waals surface area contributed by atoms with Crippen molar-refractivity contribution >= 4 is 17.5 Å². The highest BCUT2D eigenvalue weighted by molar-refractivity contribution is 6.19. The highest BCUT2D eigenvalue weighted by Crippen LogP contribution is 2.24. The van der Waals surface area contributed by atoms with Gasteiger partial charge in [-0.25, -0.2) is 0 Å². The number of halogens is 1. The maximum atomic E-state index is 12.1. The summed E-state index contributed by atoms with van der Waals surface area (Å²) in [5.41, 5.74) is -0.340. The molecule has 5 heteroatoms. The molecule has 0 saturated heterocycles. The molecule has 1 aromatic rings. The highest BCUT2D eigenvalue weighted by Gasteiger charge is 2.28. The van der Waals surface area contributed by atoms with Gasteiger partial charge < -0.3 is 15.5 Å².